The molecule has 1 N–H and O–H groups in total. The van der Waals surface area contributed by atoms with Crippen LogP contribution in [-0.4, -0.2) is 26.1 Å². The van der Waals surface area contributed by atoms with E-state index in [0.29, 0.717) is 23.7 Å². The zero-order valence-electron chi connectivity index (χ0n) is 26.7. The molecule has 5 aliphatic rings. The van der Waals surface area contributed by atoms with Crippen LogP contribution in [0.4, 0.5) is 0 Å². The first kappa shape index (κ1) is 28.3. The molecule has 1 aromatic carbocycles. The smallest absolute Gasteiger partial charge is 0.309 e. The van der Waals surface area contributed by atoms with Crippen LogP contribution in [0.3, 0.4) is 0 Å². The molecule has 0 unspecified atom stereocenters. The predicted molar refractivity (Wildman–Crippen MR) is 166 cm³/mol. The maximum atomic E-state index is 13.0. The van der Waals surface area contributed by atoms with E-state index in [0.717, 1.165) is 45.1 Å². The zero-order valence-corrected chi connectivity index (χ0v) is 26.7. The van der Waals surface area contributed by atoms with Crippen LogP contribution in [0, 0.1) is 51.2 Å². The number of allylic oxidation sites excluding steroid dienone is 1. The molecule has 226 valence electrons. The molecular weight excluding hydrogens is 518 g/mol. The number of rotatable bonds is 4. The van der Waals surface area contributed by atoms with Gasteiger partial charge in [0.15, 0.2) is 0 Å². The van der Waals surface area contributed by atoms with Crippen molar-refractivity contribution in [1.82, 2.24) is 15.0 Å². The molecule has 5 heteroatoms. The van der Waals surface area contributed by atoms with E-state index in [9.17, 15) is 9.90 Å². The number of aromatic nitrogens is 3. The van der Waals surface area contributed by atoms with Crippen molar-refractivity contribution in [3.8, 4) is 0 Å². The van der Waals surface area contributed by atoms with Crippen molar-refractivity contribution >= 4 is 5.97 Å². The van der Waals surface area contributed by atoms with E-state index in [1.54, 1.807) is 0 Å². The number of carboxylic acid groups (broad SMARTS) is 1. The Morgan fingerprint density at radius 1 is 0.952 bits per heavy atom. The van der Waals surface area contributed by atoms with E-state index in [2.05, 4.69) is 83.1 Å². The van der Waals surface area contributed by atoms with Crippen molar-refractivity contribution in [2.75, 3.05) is 0 Å². The summed E-state index contributed by atoms with van der Waals surface area (Å²) in [5, 5.41) is 20.3. The van der Waals surface area contributed by atoms with Crippen LogP contribution in [0.2, 0.25) is 0 Å². The molecular formula is C37H51N3O2. The summed E-state index contributed by atoms with van der Waals surface area (Å²) in [5.74, 6) is 1.64. The molecule has 4 saturated carbocycles. The second-order valence-corrected chi connectivity index (χ2v) is 16.6. The van der Waals surface area contributed by atoms with Gasteiger partial charge in [-0.15, -0.1) is 5.10 Å². The number of hydrogen-bond acceptors (Lipinski definition) is 3. The van der Waals surface area contributed by atoms with Crippen molar-refractivity contribution < 1.29 is 9.90 Å². The summed E-state index contributed by atoms with van der Waals surface area (Å²) in [6.07, 6.45) is 9.49. The molecule has 5 nitrogen and oxygen atoms in total. The molecule has 5 aliphatic carbocycles. The van der Waals surface area contributed by atoms with Gasteiger partial charge in [-0.3, -0.25) is 4.79 Å². The minimum absolute atomic E-state index is 0.0127. The summed E-state index contributed by atoms with van der Waals surface area (Å²) >= 11 is 0. The highest BCUT2D eigenvalue weighted by atomic mass is 16.4. The van der Waals surface area contributed by atoms with Gasteiger partial charge >= 0.3 is 5.97 Å². The monoisotopic (exact) mass is 569 g/mol. The fourth-order valence-corrected chi connectivity index (χ4v) is 12.9. The Morgan fingerprint density at radius 2 is 1.69 bits per heavy atom. The van der Waals surface area contributed by atoms with E-state index in [1.165, 1.54) is 41.8 Å². The quantitative estimate of drug-likeness (QED) is 0.378. The van der Waals surface area contributed by atoms with Gasteiger partial charge in [0.05, 0.1) is 23.3 Å². The number of nitrogens with zero attached hydrogens (tertiary/aromatic N) is 3. The third kappa shape index (κ3) is 3.46. The maximum Gasteiger partial charge on any atom is 0.309 e. The van der Waals surface area contributed by atoms with E-state index in [4.69, 9.17) is 10.3 Å². The lowest BCUT2D eigenvalue weighted by atomic mass is 9.32. The Kier molecular flexibility index (Phi) is 6.11. The second-order valence-electron chi connectivity index (χ2n) is 16.6. The van der Waals surface area contributed by atoms with Crippen LogP contribution in [0.1, 0.15) is 110 Å². The van der Waals surface area contributed by atoms with Gasteiger partial charge in [-0.05, 0) is 116 Å². The Hall–Kier alpha value is -2.43. The van der Waals surface area contributed by atoms with Crippen LogP contribution in [-0.2, 0) is 23.2 Å². The van der Waals surface area contributed by atoms with Crippen molar-refractivity contribution in [3.63, 3.8) is 0 Å². The third-order valence-corrected chi connectivity index (χ3v) is 14.8. The van der Waals surface area contributed by atoms with Gasteiger partial charge in [-0.25, -0.2) is 4.68 Å². The summed E-state index contributed by atoms with van der Waals surface area (Å²) in [4.78, 5) is 13.0. The van der Waals surface area contributed by atoms with E-state index in [-0.39, 0.29) is 27.6 Å². The topological polar surface area (TPSA) is 68.0 Å². The lowest BCUT2D eigenvalue weighted by molar-refractivity contribution is -0.228. The first-order valence-corrected chi connectivity index (χ1v) is 16.7. The molecule has 0 amide bonds. The first-order chi connectivity index (χ1) is 19.8. The van der Waals surface area contributed by atoms with E-state index < -0.39 is 11.4 Å². The summed E-state index contributed by atoms with van der Waals surface area (Å²) < 4.78 is 2.20. The molecule has 0 spiro atoms. The molecule has 0 saturated heterocycles. The number of benzene rings is 1. The molecule has 0 aliphatic heterocycles. The van der Waals surface area contributed by atoms with Gasteiger partial charge in [0.25, 0.3) is 0 Å². The molecule has 4 fully saturated rings. The van der Waals surface area contributed by atoms with Crippen LogP contribution in [0.15, 0.2) is 42.5 Å². The van der Waals surface area contributed by atoms with Gasteiger partial charge in [0.1, 0.15) is 0 Å². The zero-order chi connectivity index (χ0) is 29.9. The average Bonchev–Trinajstić information content (AvgIpc) is 3.52. The van der Waals surface area contributed by atoms with Gasteiger partial charge in [-0.1, -0.05) is 82.3 Å². The Morgan fingerprint density at radius 3 is 2.38 bits per heavy atom. The minimum Gasteiger partial charge on any atom is -0.481 e. The molecule has 2 aromatic rings. The van der Waals surface area contributed by atoms with Gasteiger partial charge < -0.3 is 5.11 Å². The highest BCUT2D eigenvalue weighted by Crippen LogP contribution is 2.77. The third-order valence-electron chi connectivity index (χ3n) is 14.8. The minimum atomic E-state index is -0.558. The first-order valence-electron chi connectivity index (χ1n) is 16.7. The fraction of sp³-hybridized carbons (Fsp3) is 0.703. The molecule has 1 aromatic heterocycles. The maximum absolute atomic E-state index is 13.0. The molecule has 1 heterocycles. The average molecular weight is 570 g/mol. The lowest BCUT2D eigenvalue weighted by Crippen LogP contribution is -2.67. The molecule has 7 rings (SSSR count). The molecule has 9 atom stereocenters. The van der Waals surface area contributed by atoms with Crippen LogP contribution in [0.5, 0.6) is 0 Å². The summed E-state index contributed by atoms with van der Waals surface area (Å²) in [6, 6.07) is 10.7. The highest BCUT2D eigenvalue weighted by Gasteiger charge is 2.72. The standard InChI is InChI=1S/C37H51N3O2/c1-23(2)25-15-18-37(32(41)42)20-19-35(6)26(30(25)37)13-14-29-34(5)21-27-31(33(3,4)28(34)16-17-36(29,35)7)40(39-38-27)22-24-11-9-8-10-12-24/h8-12,25-26,28-30H,1,13-22H2,2-7H3,(H,41,42)/t25-,26+,28-,29+,30+,34-,35+,36+,37-/m0/s1. The van der Waals surface area contributed by atoms with E-state index in [1.807, 2.05) is 0 Å². The Bertz CT molecular complexity index is 1430. The molecule has 0 bridgehead atoms. The second kappa shape index (κ2) is 9.05. The number of fused-ring (bicyclic) bond motifs is 8. The Labute approximate surface area is 252 Å². The van der Waals surface area contributed by atoms with Crippen LogP contribution in [0.25, 0.3) is 0 Å². The van der Waals surface area contributed by atoms with Crippen LogP contribution < -0.4 is 0 Å². The summed E-state index contributed by atoms with van der Waals surface area (Å²) in [6.45, 7) is 20.1. The summed E-state index contributed by atoms with van der Waals surface area (Å²) in [5.41, 5.74) is 4.92. The van der Waals surface area contributed by atoms with Gasteiger partial charge in [-0.2, -0.15) is 0 Å². The molecule has 42 heavy (non-hydrogen) atoms. The molecule has 0 radical (unpaired) electrons. The SMILES string of the molecule is C=C(C)[C@@H]1CC[C@]2(C(=O)O)CC[C@]3(C)[C@H](CC[C@@H]4[C@@]5(C)Cc6nnn(Cc7ccccc7)c6C(C)(C)[C@@H]5CC[C@]43C)[C@@H]12. The van der Waals surface area contributed by atoms with Crippen molar-refractivity contribution in [1.29, 1.82) is 0 Å². The van der Waals surface area contributed by atoms with Gasteiger partial charge in [0.2, 0.25) is 0 Å². The van der Waals surface area contributed by atoms with Crippen LogP contribution >= 0.6 is 0 Å². The fourth-order valence-electron chi connectivity index (χ4n) is 12.9. The van der Waals surface area contributed by atoms with Crippen molar-refractivity contribution in [2.24, 2.45) is 51.2 Å². The number of aliphatic carboxylic acids is 1. The number of hydrogen-bond donors (Lipinski definition) is 1. The highest BCUT2D eigenvalue weighted by molar-refractivity contribution is 5.76. The van der Waals surface area contributed by atoms with Gasteiger partial charge in [0, 0.05) is 5.41 Å². The van der Waals surface area contributed by atoms with E-state index >= 15 is 0 Å². The number of carbonyl (C=O) groups is 1. The predicted octanol–water partition coefficient (Wildman–Crippen LogP) is 8.08. The lowest BCUT2D eigenvalue weighted by Gasteiger charge is -2.72. The normalized spacial score (nSPS) is 43.3. The van der Waals surface area contributed by atoms with Crippen molar-refractivity contribution in [2.45, 2.75) is 111 Å². The van der Waals surface area contributed by atoms with Crippen molar-refractivity contribution in [3.05, 3.63) is 59.4 Å². The summed E-state index contributed by atoms with van der Waals surface area (Å²) in [7, 11) is 0. The largest absolute Gasteiger partial charge is 0.481 e. The Balaban J connectivity index is 1.26. The number of carboxylic acids is 1.